The first-order valence-corrected chi connectivity index (χ1v) is 7.73. The fraction of sp³-hybridized carbons (Fsp3) is 0.438. The lowest BCUT2D eigenvalue weighted by Crippen LogP contribution is -2.41. The molecule has 2 aromatic rings. The van der Waals surface area contributed by atoms with E-state index < -0.39 is 6.10 Å². The maximum atomic E-state index is 11.8. The van der Waals surface area contributed by atoms with Crippen LogP contribution in [0.1, 0.15) is 25.8 Å². The molecule has 2 atom stereocenters. The SMILES string of the molecule is CCC(C)C(O)CNC(=O)NCc1ccnc(-n2ccnc2)c1. The molecule has 23 heavy (non-hydrogen) atoms. The summed E-state index contributed by atoms with van der Waals surface area (Å²) in [5.41, 5.74) is 0.932. The summed E-state index contributed by atoms with van der Waals surface area (Å²) >= 11 is 0. The Bertz CT molecular complexity index is 615. The molecule has 0 saturated carbocycles. The smallest absolute Gasteiger partial charge is 0.315 e. The van der Waals surface area contributed by atoms with Gasteiger partial charge in [0.15, 0.2) is 0 Å². The Morgan fingerprint density at radius 2 is 2.22 bits per heavy atom. The van der Waals surface area contributed by atoms with E-state index in [1.54, 1.807) is 23.3 Å². The van der Waals surface area contributed by atoms with Crippen LogP contribution in [0, 0.1) is 5.92 Å². The highest BCUT2D eigenvalue weighted by atomic mass is 16.3. The van der Waals surface area contributed by atoms with Crippen molar-refractivity contribution >= 4 is 6.03 Å². The first-order chi connectivity index (χ1) is 11.1. The zero-order valence-corrected chi connectivity index (χ0v) is 13.4. The number of hydrogen-bond donors (Lipinski definition) is 3. The molecule has 2 aromatic heterocycles. The Morgan fingerprint density at radius 1 is 1.39 bits per heavy atom. The molecule has 2 heterocycles. The number of amides is 2. The van der Waals surface area contributed by atoms with E-state index in [1.165, 1.54) is 0 Å². The van der Waals surface area contributed by atoms with Crippen LogP contribution in [0.15, 0.2) is 37.1 Å². The molecule has 0 aliphatic heterocycles. The molecule has 3 N–H and O–H groups in total. The summed E-state index contributed by atoms with van der Waals surface area (Å²) < 4.78 is 1.80. The Labute approximate surface area is 135 Å². The summed E-state index contributed by atoms with van der Waals surface area (Å²) in [7, 11) is 0. The van der Waals surface area contributed by atoms with Gasteiger partial charge in [-0.1, -0.05) is 20.3 Å². The van der Waals surface area contributed by atoms with Gasteiger partial charge in [-0.3, -0.25) is 4.57 Å². The minimum absolute atomic E-state index is 0.160. The summed E-state index contributed by atoms with van der Waals surface area (Å²) in [6.45, 7) is 4.60. The molecular weight excluding hydrogens is 294 g/mol. The number of rotatable bonds is 7. The minimum atomic E-state index is -0.528. The number of aliphatic hydroxyl groups is 1. The highest BCUT2D eigenvalue weighted by Crippen LogP contribution is 2.07. The number of aromatic nitrogens is 3. The van der Waals surface area contributed by atoms with Crippen LogP contribution in [0.25, 0.3) is 5.82 Å². The number of imidazole rings is 1. The van der Waals surface area contributed by atoms with Gasteiger partial charge in [0.25, 0.3) is 0 Å². The second kappa shape index (κ2) is 8.28. The third-order valence-electron chi connectivity index (χ3n) is 3.80. The Balaban J connectivity index is 1.82. The van der Waals surface area contributed by atoms with Gasteiger partial charge in [0.1, 0.15) is 12.1 Å². The normalized spacial score (nSPS) is 13.3. The lowest BCUT2D eigenvalue weighted by Gasteiger charge is -2.17. The molecule has 0 aliphatic rings. The number of carbonyl (C=O) groups excluding carboxylic acids is 1. The van der Waals surface area contributed by atoms with Gasteiger partial charge in [0.05, 0.1) is 6.10 Å². The van der Waals surface area contributed by atoms with E-state index in [4.69, 9.17) is 0 Å². The van der Waals surface area contributed by atoms with Crippen molar-refractivity contribution in [1.82, 2.24) is 25.2 Å². The van der Waals surface area contributed by atoms with Gasteiger partial charge in [0, 0.05) is 31.7 Å². The highest BCUT2D eigenvalue weighted by Gasteiger charge is 2.13. The van der Waals surface area contributed by atoms with Gasteiger partial charge in [-0.25, -0.2) is 14.8 Å². The second-order valence-electron chi connectivity index (χ2n) is 5.51. The van der Waals surface area contributed by atoms with Crippen LogP contribution in [0.5, 0.6) is 0 Å². The number of pyridine rings is 1. The van der Waals surface area contributed by atoms with Crippen molar-refractivity contribution in [3.63, 3.8) is 0 Å². The van der Waals surface area contributed by atoms with Crippen molar-refractivity contribution in [3.05, 3.63) is 42.6 Å². The average Bonchev–Trinajstić information content (AvgIpc) is 3.12. The van der Waals surface area contributed by atoms with Crippen molar-refractivity contribution in [2.45, 2.75) is 32.9 Å². The predicted octanol–water partition coefficient (Wildman–Crippen LogP) is 1.47. The third kappa shape index (κ3) is 5.07. The van der Waals surface area contributed by atoms with E-state index in [1.807, 2.05) is 32.2 Å². The fourth-order valence-electron chi connectivity index (χ4n) is 2.02. The molecule has 0 radical (unpaired) electrons. The zero-order valence-electron chi connectivity index (χ0n) is 13.4. The Kier molecular flexibility index (Phi) is 6.10. The zero-order chi connectivity index (χ0) is 16.7. The molecule has 124 valence electrons. The quantitative estimate of drug-likeness (QED) is 0.721. The first-order valence-electron chi connectivity index (χ1n) is 7.73. The van der Waals surface area contributed by atoms with Crippen molar-refractivity contribution < 1.29 is 9.90 Å². The van der Waals surface area contributed by atoms with E-state index in [-0.39, 0.29) is 18.5 Å². The van der Waals surface area contributed by atoms with Crippen LogP contribution in [0.2, 0.25) is 0 Å². The fourth-order valence-corrected chi connectivity index (χ4v) is 2.02. The molecular formula is C16H23N5O2. The molecule has 7 heteroatoms. The summed E-state index contributed by atoms with van der Waals surface area (Å²) in [5, 5.41) is 15.3. The van der Waals surface area contributed by atoms with Crippen LogP contribution >= 0.6 is 0 Å². The molecule has 2 unspecified atom stereocenters. The van der Waals surface area contributed by atoms with Gasteiger partial charge >= 0.3 is 6.03 Å². The molecule has 0 aliphatic carbocycles. The van der Waals surface area contributed by atoms with Crippen LogP contribution < -0.4 is 10.6 Å². The van der Waals surface area contributed by atoms with E-state index >= 15 is 0 Å². The molecule has 7 nitrogen and oxygen atoms in total. The highest BCUT2D eigenvalue weighted by molar-refractivity contribution is 5.73. The molecule has 0 aromatic carbocycles. The van der Waals surface area contributed by atoms with E-state index in [0.717, 1.165) is 17.8 Å². The van der Waals surface area contributed by atoms with Gasteiger partial charge < -0.3 is 15.7 Å². The van der Waals surface area contributed by atoms with E-state index in [0.29, 0.717) is 6.54 Å². The number of aliphatic hydroxyl groups excluding tert-OH is 1. The lowest BCUT2D eigenvalue weighted by molar-refractivity contribution is 0.114. The predicted molar refractivity (Wildman–Crippen MR) is 87.1 cm³/mol. The van der Waals surface area contributed by atoms with Crippen LogP contribution in [-0.2, 0) is 6.54 Å². The molecule has 2 rings (SSSR count). The monoisotopic (exact) mass is 317 g/mol. The Hall–Kier alpha value is -2.41. The summed E-state index contributed by atoms with van der Waals surface area (Å²) in [6, 6.07) is 3.43. The summed E-state index contributed by atoms with van der Waals surface area (Å²) in [4.78, 5) is 20.0. The number of urea groups is 1. The number of carbonyl (C=O) groups is 1. The minimum Gasteiger partial charge on any atom is -0.391 e. The molecule has 0 fully saturated rings. The van der Waals surface area contributed by atoms with Crippen LogP contribution in [0.3, 0.4) is 0 Å². The second-order valence-corrected chi connectivity index (χ2v) is 5.51. The van der Waals surface area contributed by atoms with Gasteiger partial charge in [-0.05, 0) is 23.6 Å². The van der Waals surface area contributed by atoms with E-state index in [2.05, 4.69) is 20.6 Å². The van der Waals surface area contributed by atoms with Gasteiger partial charge in [0.2, 0.25) is 0 Å². The molecule has 0 bridgehead atoms. The van der Waals surface area contributed by atoms with Crippen LogP contribution in [0.4, 0.5) is 4.79 Å². The van der Waals surface area contributed by atoms with Crippen molar-refractivity contribution in [2.75, 3.05) is 6.54 Å². The van der Waals surface area contributed by atoms with Crippen molar-refractivity contribution in [2.24, 2.45) is 5.92 Å². The number of nitrogens with zero attached hydrogens (tertiary/aromatic N) is 3. The topological polar surface area (TPSA) is 92.1 Å². The van der Waals surface area contributed by atoms with Gasteiger partial charge in [-0.15, -0.1) is 0 Å². The molecule has 0 spiro atoms. The standard InChI is InChI=1S/C16H23N5O2/c1-3-12(2)14(22)10-20-16(23)19-9-13-4-5-18-15(8-13)21-7-6-17-11-21/h4-8,11-12,14,22H,3,9-10H2,1-2H3,(H2,19,20,23). The summed E-state index contributed by atoms with van der Waals surface area (Å²) in [5.74, 6) is 0.905. The Morgan fingerprint density at radius 3 is 2.91 bits per heavy atom. The summed E-state index contributed by atoms with van der Waals surface area (Å²) in [6.07, 6.45) is 7.20. The van der Waals surface area contributed by atoms with E-state index in [9.17, 15) is 9.90 Å². The average molecular weight is 317 g/mol. The molecule has 0 saturated heterocycles. The number of nitrogens with one attached hydrogen (secondary N) is 2. The third-order valence-corrected chi connectivity index (χ3v) is 3.80. The largest absolute Gasteiger partial charge is 0.391 e. The van der Waals surface area contributed by atoms with Crippen molar-refractivity contribution in [1.29, 1.82) is 0 Å². The first kappa shape index (κ1) is 17.0. The lowest BCUT2D eigenvalue weighted by atomic mass is 10.0. The van der Waals surface area contributed by atoms with Gasteiger partial charge in [-0.2, -0.15) is 0 Å². The molecule has 2 amide bonds. The maximum Gasteiger partial charge on any atom is 0.315 e. The van der Waals surface area contributed by atoms with Crippen molar-refractivity contribution in [3.8, 4) is 5.82 Å². The van der Waals surface area contributed by atoms with Crippen LogP contribution in [-0.4, -0.2) is 38.3 Å². The number of hydrogen-bond acceptors (Lipinski definition) is 4. The maximum absolute atomic E-state index is 11.8.